The highest BCUT2D eigenvalue weighted by Crippen LogP contribution is 2.20. The fourth-order valence-corrected chi connectivity index (χ4v) is 2.50. The van der Waals surface area contributed by atoms with Crippen LogP contribution in [0.2, 0.25) is 0 Å². The molecule has 0 saturated heterocycles. The van der Waals surface area contributed by atoms with Crippen molar-refractivity contribution >= 4 is 24.9 Å². The third-order valence-corrected chi connectivity index (χ3v) is 4.23. The van der Waals surface area contributed by atoms with Crippen molar-refractivity contribution in [3.8, 4) is 17.2 Å². The lowest BCUT2D eigenvalue weighted by molar-refractivity contribution is 0.111. The number of benzene rings is 3. The molecule has 9 nitrogen and oxygen atoms in total. The molecule has 38 heavy (non-hydrogen) atoms. The molecule has 3 aromatic rings. The van der Waals surface area contributed by atoms with Gasteiger partial charge in [0.1, 0.15) is 0 Å². The molecule has 0 aliphatic carbocycles. The molecule has 0 aromatic heterocycles. The summed E-state index contributed by atoms with van der Waals surface area (Å²) in [4.78, 5) is 10.2. The van der Waals surface area contributed by atoms with Gasteiger partial charge in [0.15, 0.2) is 41.0 Å². The largest absolute Gasteiger partial charge is 0.494 e. The third-order valence-electron chi connectivity index (χ3n) is 4.23. The number of oxime groups is 1. The minimum absolute atomic E-state index is 0. The maximum atomic E-state index is 13.1. The minimum atomic E-state index is -0.606. The summed E-state index contributed by atoms with van der Waals surface area (Å²) in [7, 11) is 4.16. The minimum Gasteiger partial charge on any atom is -0.494 e. The van der Waals surface area contributed by atoms with E-state index in [1.54, 1.807) is 30.3 Å². The Morgan fingerprint density at radius 1 is 0.789 bits per heavy atom. The zero-order valence-corrected chi connectivity index (χ0v) is 21.0. The zero-order valence-electron chi connectivity index (χ0n) is 20.2. The highest BCUT2D eigenvalue weighted by molar-refractivity contribution is 5.85. The summed E-state index contributed by atoms with van der Waals surface area (Å²) >= 11 is 0. The van der Waals surface area contributed by atoms with Crippen molar-refractivity contribution in [3.63, 3.8) is 0 Å². The third kappa shape index (κ3) is 11.9. The second-order valence-electron chi connectivity index (χ2n) is 6.23. The van der Waals surface area contributed by atoms with Gasteiger partial charge < -0.3 is 30.4 Å². The summed E-state index contributed by atoms with van der Waals surface area (Å²) in [5.41, 5.74) is 5.96. The van der Waals surface area contributed by atoms with Crippen molar-refractivity contribution in [2.24, 2.45) is 16.8 Å². The average molecular weight is 564 g/mol. The number of halogens is 4. The first kappa shape index (κ1) is 38.7. The van der Waals surface area contributed by atoms with Gasteiger partial charge >= 0.3 is 0 Å². The van der Waals surface area contributed by atoms with Gasteiger partial charge in [0.05, 0.1) is 33.1 Å². The van der Waals surface area contributed by atoms with E-state index < -0.39 is 11.6 Å². The van der Waals surface area contributed by atoms with Crippen molar-refractivity contribution in [3.05, 3.63) is 88.7 Å². The lowest BCUT2D eigenvalue weighted by Gasteiger charge is -2.03. The SMILES string of the molecule is C.COc1cccc(/C=N/O)c1F.COc1cccc(C=O)c1F.COc1cccc(CN)c1F.Cl.NO. The van der Waals surface area contributed by atoms with E-state index >= 15 is 0 Å². The Morgan fingerprint density at radius 3 is 1.58 bits per heavy atom. The van der Waals surface area contributed by atoms with E-state index in [0.717, 1.165) is 6.21 Å². The number of aldehydes is 1. The Balaban J connectivity index is -0.000000456. The zero-order chi connectivity index (χ0) is 27.5. The molecule has 0 saturated carbocycles. The number of rotatable bonds is 6. The van der Waals surface area contributed by atoms with Gasteiger partial charge in [-0.05, 0) is 24.3 Å². The van der Waals surface area contributed by atoms with Crippen LogP contribution in [0.15, 0.2) is 59.8 Å². The molecule has 0 spiro atoms. The van der Waals surface area contributed by atoms with Crippen LogP contribution in [-0.2, 0) is 6.54 Å². The fourth-order valence-electron chi connectivity index (χ4n) is 2.50. The van der Waals surface area contributed by atoms with E-state index in [2.05, 4.69) is 15.8 Å². The molecular weight excluding hydrogens is 531 g/mol. The molecule has 212 valence electrons. The summed E-state index contributed by atoms with van der Waals surface area (Å²) in [6.07, 6.45) is 1.47. The van der Waals surface area contributed by atoms with Gasteiger partial charge in [0, 0.05) is 17.7 Å². The van der Waals surface area contributed by atoms with Crippen LogP contribution >= 0.6 is 12.4 Å². The number of hydrogen-bond acceptors (Lipinski definition) is 9. The number of nitrogens with two attached hydrogens (primary N) is 2. The molecule has 0 aliphatic rings. The second kappa shape index (κ2) is 22.4. The first-order valence-electron chi connectivity index (χ1n) is 9.93. The van der Waals surface area contributed by atoms with Crippen LogP contribution in [0.1, 0.15) is 28.9 Å². The molecule has 0 fully saturated rings. The molecule has 0 bridgehead atoms. The number of nitrogens with zero attached hydrogens (tertiary/aromatic N) is 1. The van der Waals surface area contributed by atoms with E-state index in [1.807, 2.05) is 0 Å². The predicted molar refractivity (Wildman–Crippen MR) is 141 cm³/mol. The van der Waals surface area contributed by atoms with Gasteiger partial charge in [-0.3, -0.25) is 4.79 Å². The molecule has 0 heterocycles. The van der Waals surface area contributed by atoms with E-state index in [-0.39, 0.29) is 60.6 Å². The molecule has 13 heteroatoms. The standard InChI is InChI=1S/C8H8FNO2.C8H10FNO.C8H7FO2.CH4.ClH.H3NO/c1-12-7-4-2-3-6(5-10-11)8(7)9;2*1-11-7-4-2-3-6(5-10)8(7)9;;;1-2/h2-5,11H,1H3;2-4H,5,10H2,1H3;2-5H,1H3;1H4;1H;2H,1H2/b10-5+;;;;;. The van der Waals surface area contributed by atoms with Crippen molar-refractivity contribution in [2.75, 3.05) is 21.3 Å². The van der Waals surface area contributed by atoms with Crippen LogP contribution < -0.4 is 25.8 Å². The Bertz CT molecular complexity index is 1090. The molecule has 0 aliphatic heterocycles. The summed E-state index contributed by atoms with van der Waals surface area (Å²) < 4.78 is 53.2. The lowest BCUT2D eigenvalue weighted by Crippen LogP contribution is -2.00. The molecule has 0 radical (unpaired) electrons. The van der Waals surface area contributed by atoms with Crippen molar-refractivity contribution in [1.29, 1.82) is 0 Å². The number of ether oxygens (including phenoxy) is 3. The number of methoxy groups -OCH3 is 3. The van der Waals surface area contributed by atoms with Gasteiger partial charge in [0.2, 0.25) is 0 Å². The van der Waals surface area contributed by atoms with Gasteiger partial charge in [-0.15, -0.1) is 12.4 Å². The summed E-state index contributed by atoms with van der Waals surface area (Å²) in [5, 5.41) is 17.4. The van der Waals surface area contributed by atoms with Crippen molar-refractivity contribution < 1.29 is 42.6 Å². The van der Waals surface area contributed by atoms with Gasteiger partial charge in [0.25, 0.3) is 0 Å². The summed E-state index contributed by atoms with van der Waals surface area (Å²) in [6.45, 7) is 0.197. The molecule has 6 N–H and O–H groups in total. The van der Waals surface area contributed by atoms with E-state index in [9.17, 15) is 18.0 Å². The lowest BCUT2D eigenvalue weighted by atomic mass is 10.2. The normalized spacial score (nSPS) is 8.97. The molecule has 0 unspecified atom stereocenters. The van der Waals surface area contributed by atoms with Gasteiger partial charge in [-0.1, -0.05) is 42.9 Å². The topological polar surface area (TPSA) is 150 Å². The Hall–Kier alpha value is -3.84. The number of carbonyl (C=O) groups is 1. The van der Waals surface area contributed by atoms with E-state index in [1.165, 1.54) is 45.6 Å². The number of hydrogen-bond donors (Lipinski definition) is 4. The van der Waals surface area contributed by atoms with Crippen molar-refractivity contribution in [1.82, 2.24) is 0 Å². The quantitative estimate of drug-likeness (QED) is 0.142. The molecular formula is C25H33ClF3N3O6. The Labute approximate surface area is 225 Å². The molecule has 3 rings (SSSR count). The molecule has 3 aromatic carbocycles. The highest BCUT2D eigenvalue weighted by Gasteiger charge is 2.07. The van der Waals surface area contributed by atoms with Crippen LogP contribution in [0.5, 0.6) is 17.2 Å². The maximum absolute atomic E-state index is 13.1. The Kier molecular flexibility index (Phi) is 22.8. The van der Waals surface area contributed by atoms with E-state index in [0.29, 0.717) is 11.8 Å². The molecule has 0 amide bonds. The fraction of sp³-hybridized carbons (Fsp3) is 0.200. The second-order valence-corrected chi connectivity index (χ2v) is 6.23. The van der Waals surface area contributed by atoms with Crippen LogP contribution in [0.25, 0.3) is 0 Å². The summed E-state index contributed by atoms with van der Waals surface area (Å²) in [6, 6.07) is 13.9. The summed E-state index contributed by atoms with van der Waals surface area (Å²) in [5.74, 6) is 2.47. The smallest absolute Gasteiger partial charge is 0.175 e. The predicted octanol–water partition coefficient (Wildman–Crippen LogP) is 4.97. The van der Waals surface area contributed by atoms with Crippen LogP contribution in [0.3, 0.4) is 0 Å². The van der Waals surface area contributed by atoms with Crippen LogP contribution in [-0.4, -0.2) is 44.2 Å². The monoisotopic (exact) mass is 563 g/mol. The number of carbonyl (C=O) groups excluding carboxylic acids is 1. The van der Waals surface area contributed by atoms with E-state index in [4.69, 9.17) is 25.6 Å². The first-order chi connectivity index (χ1) is 17.4. The average Bonchev–Trinajstić information content (AvgIpc) is 2.92. The maximum Gasteiger partial charge on any atom is 0.175 e. The Morgan fingerprint density at radius 2 is 1.18 bits per heavy atom. The van der Waals surface area contributed by atoms with Gasteiger partial charge in [-0.2, -0.15) is 0 Å². The van der Waals surface area contributed by atoms with Crippen LogP contribution in [0, 0.1) is 17.5 Å². The molecule has 0 atom stereocenters. The van der Waals surface area contributed by atoms with Gasteiger partial charge in [-0.25, -0.2) is 19.1 Å². The first-order valence-corrected chi connectivity index (χ1v) is 9.93. The van der Waals surface area contributed by atoms with Crippen molar-refractivity contribution in [2.45, 2.75) is 14.0 Å². The van der Waals surface area contributed by atoms with Crippen LogP contribution in [0.4, 0.5) is 13.2 Å². The highest BCUT2D eigenvalue weighted by atomic mass is 35.5.